The van der Waals surface area contributed by atoms with Crippen molar-refractivity contribution in [3.8, 4) is 0 Å². The Labute approximate surface area is 163 Å². The lowest BCUT2D eigenvalue weighted by Crippen LogP contribution is -2.23. The van der Waals surface area contributed by atoms with Crippen molar-refractivity contribution in [3.63, 3.8) is 0 Å². The molecule has 26 heavy (non-hydrogen) atoms. The van der Waals surface area contributed by atoms with Crippen LogP contribution in [0, 0.1) is 6.92 Å². The van der Waals surface area contributed by atoms with Crippen LogP contribution in [0.15, 0.2) is 48.5 Å². The molecule has 0 fully saturated rings. The highest BCUT2D eigenvalue weighted by Gasteiger charge is 2.20. The Morgan fingerprint density at radius 1 is 1.19 bits per heavy atom. The van der Waals surface area contributed by atoms with Gasteiger partial charge in [0.05, 0.1) is 5.75 Å². The van der Waals surface area contributed by atoms with Crippen LogP contribution in [0.2, 0.25) is 5.02 Å². The molecule has 2 aromatic carbocycles. The summed E-state index contributed by atoms with van der Waals surface area (Å²) in [6.07, 6.45) is 0.603. The molecule has 0 spiro atoms. The van der Waals surface area contributed by atoms with E-state index in [4.69, 9.17) is 16.3 Å². The van der Waals surface area contributed by atoms with Gasteiger partial charge in [0.2, 0.25) is 5.91 Å². The van der Waals surface area contributed by atoms with Gasteiger partial charge in [0.15, 0.2) is 0 Å². The molecule has 1 atom stereocenters. The third-order valence-electron chi connectivity index (χ3n) is 3.74. The Morgan fingerprint density at radius 3 is 2.58 bits per heavy atom. The van der Waals surface area contributed by atoms with E-state index in [2.05, 4.69) is 5.32 Å². The number of thioether (sulfide) groups is 1. The molecule has 2 rings (SSSR count). The zero-order valence-corrected chi connectivity index (χ0v) is 16.4. The lowest BCUT2D eigenvalue weighted by Gasteiger charge is -2.14. The van der Waals surface area contributed by atoms with Crippen molar-refractivity contribution in [2.45, 2.75) is 32.1 Å². The van der Waals surface area contributed by atoms with Crippen LogP contribution in [0.25, 0.3) is 0 Å². The highest BCUT2D eigenvalue weighted by molar-refractivity contribution is 8.01. The number of anilines is 1. The van der Waals surface area contributed by atoms with Crippen LogP contribution in [0.5, 0.6) is 0 Å². The third kappa shape index (κ3) is 6.39. The van der Waals surface area contributed by atoms with E-state index in [-0.39, 0.29) is 29.5 Å². The summed E-state index contributed by atoms with van der Waals surface area (Å²) < 4.78 is 5.36. The fourth-order valence-electron chi connectivity index (χ4n) is 2.30. The van der Waals surface area contributed by atoms with Gasteiger partial charge in [-0.15, -0.1) is 11.8 Å². The van der Waals surface area contributed by atoms with E-state index in [0.717, 1.165) is 16.8 Å². The summed E-state index contributed by atoms with van der Waals surface area (Å²) in [7, 11) is 0. The summed E-state index contributed by atoms with van der Waals surface area (Å²) in [5.74, 6) is -0.271. The lowest BCUT2D eigenvalue weighted by molar-refractivity contribution is -0.144. The van der Waals surface area contributed by atoms with Crippen molar-refractivity contribution in [3.05, 3.63) is 64.7 Å². The van der Waals surface area contributed by atoms with Crippen molar-refractivity contribution in [1.82, 2.24) is 0 Å². The van der Waals surface area contributed by atoms with Crippen molar-refractivity contribution in [2.24, 2.45) is 0 Å². The van der Waals surface area contributed by atoms with E-state index in [0.29, 0.717) is 11.4 Å². The first kappa shape index (κ1) is 20.3. The fraction of sp³-hybridized carbons (Fsp3) is 0.300. The van der Waals surface area contributed by atoms with E-state index in [1.807, 2.05) is 44.2 Å². The molecule has 0 aliphatic heterocycles. The monoisotopic (exact) mass is 391 g/mol. The predicted octanol–water partition coefficient (Wildman–Crippen LogP) is 4.84. The lowest BCUT2D eigenvalue weighted by atomic mass is 10.2. The minimum atomic E-state index is -0.365. The molecule has 6 heteroatoms. The summed E-state index contributed by atoms with van der Waals surface area (Å²) in [6, 6.07) is 14.8. The first-order chi connectivity index (χ1) is 12.5. The molecule has 4 nitrogen and oxygen atoms in total. The van der Waals surface area contributed by atoms with Crippen LogP contribution >= 0.6 is 23.4 Å². The van der Waals surface area contributed by atoms with E-state index in [1.54, 1.807) is 18.2 Å². The average Bonchev–Trinajstić information content (AvgIpc) is 2.63. The molecule has 1 N–H and O–H groups in total. The van der Waals surface area contributed by atoms with Gasteiger partial charge in [0.25, 0.3) is 0 Å². The first-order valence-electron chi connectivity index (χ1n) is 8.37. The molecule has 0 aliphatic rings. The van der Waals surface area contributed by atoms with Gasteiger partial charge in [0, 0.05) is 10.7 Å². The minimum absolute atomic E-state index is 0.158. The summed E-state index contributed by atoms with van der Waals surface area (Å²) in [5, 5.41) is 3.11. The van der Waals surface area contributed by atoms with Gasteiger partial charge < -0.3 is 10.1 Å². The Bertz CT molecular complexity index is 752. The van der Waals surface area contributed by atoms with Gasteiger partial charge in [-0.2, -0.15) is 0 Å². The number of aryl methyl sites for hydroxylation is 1. The Balaban J connectivity index is 1.81. The van der Waals surface area contributed by atoms with Gasteiger partial charge in [-0.3, -0.25) is 9.59 Å². The second-order valence-corrected chi connectivity index (χ2v) is 7.44. The first-order valence-corrected chi connectivity index (χ1v) is 9.80. The van der Waals surface area contributed by atoms with Gasteiger partial charge in [-0.25, -0.2) is 0 Å². The molecular weight excluding hydrogens is 370 g/mol. The molecule has 1 amide bonds. The van der Waals surface area contributed by atoms with Crippen LogP contribution in [0.3, 0.4) is 0 Å². The number of carbonyl (C=O) groups is 2. The molecule has 0 aliphatic carbocycles. The van der Waals surface area contributed by atoms with Crippen LogP contribution in [-0.4, -0.2) is 22.9 Å². The van der Waals surface area contributed by atoms with Crippen LogP contribution in [0.1, 0.15) is 24.5 Å². The van der Waals surface area contributed by atoms with Crippen LogP contribution in [-0.2, 0) is 20.9 Å². The van der Waals surface area contributed by atoms with E-state index in [9.17, 15) is 9.59 Å². The highest BCUT2D eigenvalue weighted by Crippen LogP contribution is 2.21. The van der Waals surface area contributed by atoms with Crippen molar-refractivity contribution >= 4 is 40.9 Å². The van der Waals surface area contributed by atoms with Crippen LogP contribution < -0.4 is 5.32 Å². The SMILES string of the molecule is CCC(SCC(=O)Nc1ccc(Cl)cc1C)C(=O)OCc1ccccc1. The van der Waals surface area contributed by atoms with Gasteiger partial charge in [-0.05, 0) is 42.7 Å². The Morgan fingerprint density at radius 2 is 1.92 bits per heavy atom. The molecule has 1 unspecified atom stereocenters. The smallest absolute Gasteiger partial charge is 0.319 e. The number of carbonyl (C=O) groups excluding carboxylic acids is 2. The predicted molar refractivity (Wildman–Crippen MR) is 108 cm³/mol. The molecular formula is C20H22ClNO3S. The zero-order chi connectivity index (χ0) is 18.9. The molecule has 0 aromatic heterocycles. The van der Waals surface area contributed by atoms with Gasteiger partial charge >= 0.3 is 5.97 Å². The average molecular weight is 392 g/mol. The summed E-state index contributed by atoms with van der Waals surface area (Å²) in [6.45, 7) is 4.03. The molecule has 0 heterocycles. The summed E-state index contributed by atoms with van der Waals surface area (Å²) in [4.78, 5) is 24.4. The topological polar surface area (TPSA) is 55.4 Å². The van der Waals surface area contributed by atoms with Gasteiger partial charge in [-0.1, -0.05) is 48.9 Å². The minimum Gasteiger partial charge on any atom is -0.460 e. The van der Waals surface area contributed by atoms with Crippen molar-refractivity contribution in [1.29, 1.82) is 0 Å². The molecule has 0 radical (unpaired) electrons. The molecule has 138 valence electrons. The maximum Gasteiger partial charge on any atom is 0.319 e. The molecule has 0 bridgehead atoms. The number of amides is 1. The van der Waals surface area contributed by atoms with Crippen molar-refractivity contribution < 1.29 is 14.3 Å². The van der Waals surface area contributed by atoms with E-state index in [1.165, 1.54) is 11.8 Å². The maximum atomic E-state index is 12.2. The molecule has 0 saturated carbocycles. The number of hydrogen-bond acceptors (Lipinski definition) is 4. The zero-order valence-electron chi connectivity index (χ0n) is 14.8. The number of halogens is 1. The Hall–Kier alpha value is -1.98. The summed E-state index contributed by atoms with van der Waals surface area (Å²) in [5.41, 5.74) is 2.56. The quantitative estimate of drug-likeness (QED) is 0.654. The number of hydrogen-bond donors (Lipinski definition) is 1. The second-order valence-electron chi connectivity index (χ2n) is 5.81. The number of rotatable bonds is 8. The fourth-order valence-corrected chi connectivity index (χ4v) is 3.40. The van der Waals surface area contributed by atoms with E-state index >= 15 is 0 Å². The number of benzene rings is 2. The number of ether oxygens (including phenoxy) is 1. The number of esters is 1. The second kappa shape index (κ2) is 10.2. The van der Waals surface area contributed by atoms with Crippen LogP contribution in [0.4, 0.5) is 5.69 Å². The molecule has 2 aromatic rings. The maximum absolute atomic E-state index is 12.2. The third-order valence-corrected chi connectivity index (χ3v) is 5.33. The largest absolute Gasteiger partial charge is 0.460 e. The normalized spacial score (nSPS) is 11.7. The van der Waals surface area contributed by atoms with Crippen molar-refractivity contribution in [2.75, 3.05) is 11.1 Å². The summed E-state index contributed by atoms with van der Waals surface area (Å²) >= 11 is 7.20. The van der Waals surface area contributed by atoms with E-state index < -0.39 is 0 Å². The molecule has 0 saturated heterocycles. The van der Waals surface area contributed by atoms with Gasteiger partial charge in [0.1, 0.15) is 11.9 Å². The Kier molecular flexibility index (Phi) is 8.01. The standard InChI is InChI=1S/C20H22ClNO3S/c1-3-18(20(24)25-12-15-7-5-4-6-8-15)26-13-19(23)22-17-10-9-16(21)11-14(17)2/h4-11,18H,3,12-13H2,1-2H3,(H,22,23). The highest BCUT2D eigenvalue weighted by atomic mass is 35.5. The number of nitrogens with one attached hydrogen (secondary N) is 1.